The molecule has 22 heavy (non-hydrogen) atoms. The normalized spacial score (nSPS) is 23.1. The van der Waals surface area contributed by atoms with Gasteiger partial charge in [0.1, 0.15) is 6.61 Å². The van der Waals surface area contributed by atoms with E-state index in [0.29, 0.717) is 44.6 Å². The van der Waals surface area contributed by atoms with Gasteiger partial charge in [-0.25, -0.2) is 9.10 Å². The van der Waals surface area contributed by atoms with Gasteiger partial charge in [0, 0.05) is 23.8 Å². The van der Waals surface area contributed by atoms with Crippen molar-refractivity contribution in [2.45, 2.75) is 45.4 Å². The third-order valence-corrected chi connectivity index (χ3v) is 4.95. The highest BCUT2D eigenvalue weighted by Crippen LogP contribution is 2.34. The third-order valence-electron chi connectivity index (χ3n) is 3.86. The zero-order valence-electron chi connectivity index (χ0n) is 13.8. The molecular weight excluding hydrogens is 304 g/mol. The zero-order chi connectivity index (χ0) is 16.3. The molecule has 0 spiro atoms. The van der Waals surface area contributed by atoms with Crippen molar-refractivity contribution in [1.29, 1.82) is 0 Å². The van der Waals surface area contributed by atoms with E-state index in [2.05, 4.69) is 0 Å². The van der Waals surface area contributed by atoms with Crippen molar-refractivity contribution >= 4 is 23.9 Å². The molecule has 1 unspecified atom stereocenters. The van der Waals surface area contributed by atoms with E-state index in [1.165, 1.54) is 11.9 Å². The number of hydrogen-bond acceptors (Lipinski definition) is 5. The first-order valence-corrected chi connectivity index (χ1v) is 8.65. The molecule has 0 aromatic carbocycles. The number of morpholine rings is 1. The fraction of sp³-hybridized carbons (Fsp3) is 0.867. The van der Waals surface area contributed by atoms with Crippen molar-refractivity contribution < 1.29 is 19.1 Å². The van der Waals surface area contributed by atoms with Crippen molar-refractivity contribution in [3.8, 4) is 0 Å². The standard InChI is InChI=1S/C15H26N2O4S/c1-11(2)22-17-12(10-21-14(17)19)9-15(3,4)13(18)16-5-7-20-8-6-16/h11-12H,5-10H2,1-4H3. The van der Waals surface area contributed by atoms with Crippen LogP contribution in [0.25, 0.3) is 0 Å². The van der Waals surface area contributed by atoms with Crippen LogP contribution in [-0.4, -0.2) is 65.4 Å². The van der Waals surface area contributed by atoms with Gasteiger partial charge < -0.3 is 14.4 Å². The van der Waals surface area contributed by atoms with Gasteiger partial charge in [-0.1, -0.05) is 27.7 Å². The van der Waals surface area contributed by atoms with E-state index >= 15 is 0 Å². The smallest absolute Gasteiger partial charge is 0.420 e. The van der Waals surface area contributed by atoms with Crippen LogP contribution >= 0.6 is 11.9 Å². The number of nitrogens with zero attached hydrogens (tertiary/aromatic N) is 2. The Morgan fingerprint density at radius 1 is 1.36 bits per heavy atom. The average Bonchev–Trinajstić information content (AvgIpc) is 2.79. The average molecular weight is 330 g/mol. The van der Waals surface area contributed by atoms with Crippen LogP contribution < -0.4 is 0 Å². The molecule has 0 bridgehead atoms. The molecule has 2 heterocycles. The molecule has 7 heteroatoms. The number of rotatable bonds is 5. The van der Waals surface area contributed by atoms with E-state index in [-0.39, 0.29) is 18.0 Å². The Bertz CT molecular complexity index is 422. The van der Waals surface area contributed by atoms with Crippen LogP contribution in [0, 0.1) is 5.41 Å². The number of amides is 2. The maximum Gasteiger partial charge on any atom is 0.420 e. The minimum Gasteiger partial charge on any atom is -0.447 e. The molecule has 0 aromatic heterocycles. The van der Waals surface area contributed by atoms with Gasteiger partial charge in [0.2, 0.25) is 5.91 Å². The quantitative estimate of drug-likeness (QED) is 0.723. The lowest BCUT2D eigenvalue weighted by molar-refractivity contribution is -0.145. The van der Waals surface area contributed by atoms with E-state index in [9.17, 15) is 9.59 Å². The van der Waals surface area contributed by atoms with E-state index in [4.69, 9.17) is 9.47 Å². The summed E-state index contributed by atoms with van der Waals surface area (Å²) in [5.74, 6) is 0.129. The highest BCUT2D eigenvalue weighted by atomic mass is 32.2. The highest BCUT2D eigenvalue weighted by Gasteiger charge is 2.42. The fourth-order valence-electron chi connectivity index (χ4n) is 2.82. The van der Waals surface area contributed by atoms with Gasteiger partial charge in [-0.15, -0.1) is 0 Å². The molecule has 2 rings (SSSR count). The van der Waals surface area contributed by atoms with E-state index in [1.807, 2.05) is 32.6 Å². The number of carbonyl (C=O) groups excluding carboxylic acids is 2. The van der Waals surface area contributed by atoms with Crippen LogP contribution in [0.5, 0.6) is 0 Å². The topological polar surface area (TPSA) is 59.1 Å². The molecular formula is C15H26N2O4S. The van der Waals surface area contributed by atoms with Crippen molar-refractivity contribution in [3.05, 3.63) is 0 Å². The van der Waals surface area contributed by atoms with Crippen LogP contribution in [0.1, 0.15) is 34.1 Å². The number of hydrogen-bond donors (Lipinski definition) is 0. The number of cyclic esters (lactones) is 1. The molecule has 0 saturated carbocycles. The minimum atomic E-state index is -0.522. The first kappa shape index (κ1) is 17.4. The second-order valence-corrected chi connectivity index (χ2v) is 8.25. The Kier molecular flexibility index (Phi) is 5.60. The number of carbonyl (C=O) groups is 2. The molecule has 0 N–H and O–H groups in total. The highest BCUT2D eigenvalue weighted by molar-refractivity contribution is 7.98. The zero-order valence-corrected chi connectivity index (χ0v) is 14.6. The Labute approximate surface area is 136 Å². The number of ether oxygens (including phenoxy) is 2. The first-order chi connectivity index (χ1) is 10.3. The van der Waals surface area contributed by atoms with Crippen molar-refractivity contribution in [3.63, 3.8) is 0 Å². The van der Waals surface area contributed by atoms with E-state index in [1.54, 1.807) is 4.31 Å². The molecule has 2 aliphatic heterocycles. The molecule has 2 saturated heterocycles. The Balaban J connectivity index is 2.00. The van der Waals surface area contributed by atoms with Crippen LogP contribution in [0.3, 0.4) is 0 Å². The molecule has 6 nitrogen and oxygen atoms in total. The molecule has 0 radical (unpaired) electrons. The molecule has 2 amide bonds. The lowest BCUT2D eigenvalue weighted by Gasteiger charge is -2.36. The lowest BCUT2D eigenvalue weighted by Crippen LogP contribution is -2.48. The van der Waals surface area contributed by atoms with Crippen molar-refractivity contribution in [2.24, 2.45) is 5.41 Å². The second kappa shape index (κ2) is 7.08. The lowest BCUT2D eigenvalue weighted by atomic mass is 9.84. The Hall–Kier alpha value is -0.950. The van der Waals surface area contributed by atoms with Crippen LogP contribution in [0.4, 0.5) is 4.79 Å². The van der Waals surface area contributed by atoms with Crippen LogP contribution in [0.15, 0.2) is 0 Å². The molecule has 126 valence electrons. The summed E-state index contributed by atoms with van der Waals surface area (Å²) in [6.45, 7) is 10.8. The van der Waals surface area contributed by atoms with Gasteiger partial charge in [0.25, 0.3) is 0 Å². The van der Waals surface area contributed by atoms with E-state index < -0.39 is 5.41 Å². The predicted molar refractivity (Wildman–Crippen MR) is 85.5 cm³/mol. The molecule has 0 aromatic rings. The Morgan fingerprint density at radius 2 is 2.00 bits per heavy atom. The largest absolute Gasteiger partial charge is 0.447 e. The summed E-state index contributed by atoms with van der Waals surface area (Å²) in [5, 5.41) is 0.297. The molecule has 0 aliphatic carbocycles. The van der Waals surface area contributed by atoms with Crippen LogP contribution in [0.2, 0.25) is 0 Å². The maximum atomic E-state index is 12.7. The SMILES string of the molecule is CC(C)SN1C(=O)OCC1CC(C)(C)C(=O)N1CCOCC1. The summed E-state index contributed by atoms with van der Waals surface area (Å²) in [5.41, 5.74) is -0.522. The van der Waals surface area contributed by atoms with Gasteiger partial charge >= 0.3 is 6.09 Å². The maximum absolute atomic E-state index is 12.7. The Morgan fingerprint density at radius 3 is 2.59 bits per heavy atom. The predicted octanol–water partition coefficient (Wildman–Crippen LogP) is 2.14. The summed E-state index contributed by atoms with van der Waals surface area (Å²) < 4.78 is 12.2. The first-order valence-electron chi connectivity index (χ1n) is 7.81. The summed E-state index contributed by atoms with van der Waals surface area (Å²) >= 11 is 1.48. The minimum absolute atomic E-state index is 0.0557. The van der Waals surface area contributed by atoms with E-state index in [0.717, 1.165) is 0 Å². The van der Waals surface area contributed by atoms with Crippen molar-refractivity contribution in [1.82, 2.24) is 9.21 Å². The summed E-state index contributed by atoms with van der Waals surface area (Å²) in [4.78, 5) is 26.4. The van der Waals surface area contributed by atoms with Crippen molar-refractivity contribution in [2.75, 3.05) is 32.9 Å². The fourth-order valence-corrected chi connectivity index (χ4v) is 3.72. The molecule has 2 aliphatic rings. The molecule has 1 atom stereocenters. The van der Waals surface area contributed by atoms with Crippen LogP contribution in [-0.2, 0) is 14.3 Å². The van der Waals surface area contributed by atoms with Gasteiger partial charge in [0.15, 0.2) is 0 Å². The van der Waals surface area contributed by atoms with Gasteiger partial charge in [-0.2, -0.15) is 0 Å². The van der Waals surface area contributed by atoms with Gasteiger partial charge in [0.05, 0.1) is 19.3 Å². The second-order valence-electron chi connectivity index (χ2n) is 6.70. The summed E-state index contributed by atoms with van der Waals surface area (Å²) in [7, 11) is 0. The summed E-state index contributed by atoms with van der Waals surface area (Å²) in [6, 6.07) is -0.0557. The van der Waals surface area contributed by atoms with Gasteiger partial charge in [-0.3, -0.25) is 4.79 Å². The molecule has 2 fully saturated rings. The third kappa shape index (κ3) is 4.07. The summed E-state index contributed by atoms with van der Waals surface area (Å²) in [6.07, 6.45) is 0.313. The monoisotopic (exact) mass is 330 g/mol. The van der Waals surface area contributed by atoms with Gasteiger partial charge in [-0.05, 0) is 18.4 Å².